The van der Waals surface area contributed by atoms with Gasteiger partial charge in [-0.1, -0.05) is 158 Å². The summed E-state index contributed by atoms with van der Waals surface area (Å²) in [4.78, 5) is 35.4. The molecule has 0 aliphatic carbocycles. The van der Waals surface area contributed by atoms with Gasteiger partial charge in [-0.3, -0.25) is 4.98 Å². The zero-order valence-electron chi connectivity index (χ0n) is 32.3. The molecule has 0 fully saturated rings. The molecule has 60 heavy (non-hydrogen) atoms. The highest BCUT2D eigenvalue weighted by atomic mass is 14.9. The van der Waals surface area contributed by atoms with Gasteiger partial charge in [0.15, 0.2) is 11.6 Å². The summed E-state index contributed by atoms with van der Waals surface area (Å²) in [6.07, 6.45) is 1.80. The Hall–Kier alpha value is -8.29. The SMILES string of the molecule is c1ccc(-c2cc(-c3cc(-c4nc(-c5ccccc5)cc(-c5ccccc5)n4)ccn3)nc(-c3cccc(-c4cc(-c5ccccc5)nc(-c5ccccc5)n4)n3)c2)cc1. The first-order valence-corrected chi connectivity index (χ1v) is 19.7. The van der Waals surface area contributed by atoms with Gasteiger partial charge in [-0.15, -0.1) is 0 Å². The normalized spacial score (nSPS) is 11.0. The molecule has 10 aromatic rings. The first-order chi connectivity index (χ1) is 29.7. The van der Waals surface area contributed by atoms with E-state index in [1.807, 2.05) is 146 Å². The molecule has 10 rings (SSSR count). The fraction of sp³-hybridized carbons (Fsp3) is 0. The molecule has 0 aliphatic rings. The van der Waals surface area contributed by atoms with Crippen molar-refractivity contribution >= 4 is 0 Å². The number of benzene rings is 5. The predicted molar refractivity (Wildman–Crippen MR) is 240 cm³/mol. The van der Waals surface area contributed by atoms with E-state index in [1.54, 1.807) is 6.20 Å². The zero-order chi connectivity index (χ0) is 40.1. The Morgan fingerprint density at radius 1 is 0.200 bits per heavy atom. The Balaban J connectivity index is 1.09. The fourth-order valence-corrected chi connectivity index (χ4v) is 7.16. The minimum absolute atomic E-state index is 0.599. The van der Waals surface area contributed by atoms with Gasteiger partial charge in [0.1, 0.15) is 0 Å². The Morgan fingerprint density at radius 2 is 0.567 bits per heavy atom. The maximum atomic E-state index is 5.23. The van der Waals surface area contributed by atoms with Crippen LogP contribution >= 0.6 is 0 Å². The largest absolute Gasteiger partial charge is 0.255 e. The summed E-state index contributed by atoms with van der Waals surface area (Å²) < 4.78 is 0. The van der Waals surface area contributed by atoms with E-state index in [0.29, 0.717) is 45.8 Å². The van der Waals surface area contributed by atoms with Crippen molar-refractivity contribution in [3.05, 3.63) is 212 Å². The monoisotopic (exact) mass is 769 g/mol. The van der Waals surface area contributed by atoms with Crippen LogP contribution < -0.4 is 0 Å². The molecule has 7 heteroatoms. The van der Waals surface area contributed by atoms with Crippen LogP contribution in [0.25, 0.3) is 102 Å². The van der Waals surface area contributed by atoms with Crippen molar-refractivity contribution in [2.75, 3.05) is 0 Å². The molecule has 5 aromatic heterocycles. The number of nitrogens with zero attached hydrogens (tertiary/aromatic N) is 7. The maximum Gasteiger partial charge on any atom is 0.160 e. The minimum Gasteiger partial charge on any atom is -0.255 e. The van der Waals surface area contributed by atoms with Crippen LogP contribution in [0, 0.1) is 0 Å². The van der Waals surface area contributed by atoms with Gasteiger partial charge in [0.2, 0.25) is 0 Å². The summed E-state index contributed by atoms with van der Waals surface area (Å²) in [7, 11) is 0. The molecule has 0 spiro atoms. The summed E-state index contributed by atoms with van der Waals surface area (Å²) in [5.41, 5.74) is 13.5. The standard InChI is InChI=1S/C53H35N7/c1-6-17-36(18-7-1)42-32-49(43-27-16-28-44(55-43)51-35-47(39-23-12-4-13-24-39)57-52(60-51)40-25-14-5-15-26-40)56-50(33-42)48-31-41(29-30-54-48)53-58-45(37-19-8-2-9-20-37)34-46(59-53)38-21-10-3-11-22-38/h1-35H. The molecule has 0 aliphatic heterocycles. The number of pyridine rings is 3. The lowest BCUT2D eigenvalue weighted by molar-refractivity contribution is 1.16. The van der Waals surface area contributed by atoms with Crippen molar-refractivity contribution < 1.29 is 0 Å². The maximum absolute atomic E-state index is 5.23. The van der Waals surface area contributed by atoms with E-state index in [2.05, 4.69) is 60.7 Å². The van der Waals surface area contributed by atoms with Gasteiger partial charge in [0.05, 0.1) is 51.2 Å². The molecular formula is C53H35N7. The Kier molecular flexibility index (Phi) is 9.79. The number of hydrogen-bond acceptors (Lipinski definition) is 7. The van der Waals surface area contributed by atoms with E-state index < -0.39 is 0 Å². The van der Waals surface area contributed by atoms with Gasteiger partial charge >= 0.3 is 0 Å². The quantitative estimate of drug-likeness (QED) is 0.144. The molecule has 0 bridgehead atoms. The summed E-state index contributed by atoms with van der Waals surface area (Å²) in [5.74, 6) is 1.23. The van der Waals surface area contributed by atoms with Crippen LogP contribution in [0.1, 0.15) is 0 Å². The molecule has 0 saturated carbocycles. The zero-order valence-corrected chi connectivity index (χ0v) is 32.3. The first kappa shape index (κ1) is 36.1. The topological polar surface area (TPSA) is 90.2 Å². The molecule has 0 atom stereocenters. The summed E-state index contributed by atoms with van der Waals surface area (Å²) in [6.45, 7) is 0. The van der Waals surface area contributed by atoms with E-state index in [9.17, 15) is 0 Å². The van der Waals surface area contributed by atoms with Gasteiger partial charge in [-0.2, -0.15) is 0 Å². The van der Waals surface area contributed by atoms with Gasteiger partial charge in [0, 0.05) is 34.0 Å². The molecule has 5 aromatic carbocycles. The lowest BCUT2D eigenvalue weighted by atomic mass is 10.0. The van der Waals surface area contributed by atoms with Crippen LogP contribution in [0.15, 0.2) is 212 Å². The van der Waals surface area contributed by atoms with E-state index in [0.717, 1.165) is 56.0 Å². The molecule has 282 valence electrons. The number of hydrogen-bond donors (Lipinski definition) is 0. The third-order valence-corrected chi connectivity index (χ3v) is 10.2. The molecule has 0 radical (unpaired) electrons. The number of aromatic nitrogens is 7. The highest BCUT2D eigenvalue weighted by Gasteiger charge is 2.17. The van der Waals surface area contributed by atoms with E-state index in [1.165, 1.54) is 0 Å². The molecule has 0 unspecified atom stereocenters. The molecule has 0 saturated heterocycles. The average molecular weight is 770 g/mol. The second-order valence-electron chi connectivity index (χ2n) is 14.2. The van der Waals surface area contributed by atoms with E-state index in [4.69, 9.17) is 34.9 Å². The van der Waals surface area contributed by atoms with Gasteiger partial charge < -0.3 is 0 Å². The molecular weight excluding hydrogens is 735 g/mol. The average Bonchev–Trinajstić information content (AvgIpc) is 3.35. The number of rotatable bonds is 9. The minimum atomic E-state index is 0.599. The lowest BCUT2D eigenvalue weighted by Crippen LogP contribution is -1.99. The second kappa shape index (κ2) is 16.3. The van der Waals surface area contributed by atoms with Gasteiger partial charge in [0.25, 0.3) is 0 Å². The smallest absolute Gasteiger partial charge is 0.160 e. The lowest BCUT2D eigenvalue weighted by Gasteiger charge is -2.12. The van der Waals surface area contributed by atoms with Crippen molar-refractivity contribution in [3.8, 4) is 102 Å². The molecule has 0 N–H and O–H groups in total. The van der Waals surface area contributed by atoms with Crippen LogP contribution in [0.5, 0.6) is 0 Å². The molecule has 5 heterocycles. The van der Waals surface area contributed by atoms with Crippen LogP contribution in [-0.4, -0.2) is 34.9 Å². The Labute approximate surface area is 347 Å². The Bertz CT molecular complexity index is 2770. The Morgan fingerprint density at radius 3 is 1.08 bits per heavy atom. The van der Waals surface area contributed by atoms with E-state index >= 15 is 0 Å². The fourth-order valence-electron chi connectivity index (χ4n) is 7.16. The summed E-state index contributed by atoms with van der Waals surface area (Å²) in [6, 6.07) is 69.0. The van der Waals surface area contributed by atoms with Crippen molar-refractivity contribution in [3.63, 3.8) is 0 Å². The van der Waals surface area contributed by atoms with Crippen LogP contribution in [0.2, 0.25) is 0 Å². The van der Waals surface area contributed by atoms with Crippen LogP contribution in [0.3, 0.4) is 0 Å². The summed E-state index contributed by atoms with van der Waals surface area (Å²) in [5, 5.41) is 0. The summed E-state index contributed by atoms with van der Waals surface area (Å²) >= 11 is 0. The third-order valence-electron chi connectivity index (χ3n) is 10.2. The van der Waals surface area contributed by atoms with Crippen molar-refractivity contribution in [2.24, 2.45) is 0 Å². The van der Waals surface area contributed by atoms with Crippen molar-refractivity contribution in [1.82, 2.24) is 34.9 Å². The second-order valence-corrected chi connectivity index (χ2v) is 14.2. The van der Waals surface area contributed by atoms with Crippen LogP contribution in [-0.2, 0) is 0 Å². The first-order valence-electron chi connectivity index (χ1n) is 19.7. The van der Waals surface area contributed by atoms with Crippen molar-refractivity contribution in [1.29, 1.82) is 0 Å². The van der Waals surface area contributed by atoms with Gasteiger partial charge in [-0.05, 0) is 59.7 Å². The third kappa shape index (κ3) is 7.71. The highest BCUT2D eigenvalue weighted by molar-refractivity contribution is 5.78. The highest BCUT2D eigenvalue weighted by Crippen LogP contribution is 2.33. The molecule has 7 nitrogen and oxygen atoms in total. The van der Waals surface area contributed by atoms with Crippen molar-refractivity contribution in [2.45, 2.75) is 0 Å². The predicted octanol–water partition coefficient (Wildman–Crippen LogP) is 12.5. The van der Waals surface area contributed by atoms with E-state index in [-0.39, 0.29) is 0 Å². The molecule has 0 amide bonds. The van der Waals surface area contributed by atoms with Gasteiger partial charge in [-0.25, -0.2) is 29.9 Å². The van der Waals surface area contributed by atoms with Crippen LogP contribution in [0.4, 0.5) is 0 Å².